The number of nitrogens with zero attached hydrogens (tertiary/aromatic N) is 4. The number of pyridine rings is 3. The zero-order valence-corrected chi connectivity index (χ0v) is 23.8. The standard InChI is InChI=1S/C27H16N4S.C5H8.C4H6/c1-2-8-24-18(5-1)19-15-20-23(16-25(19)32-24)31(22-7-4-12-29-27(20)22)26-9-3-6-21(30-26)17-10-13-28-14-11-17;1-3-5-4-2;1-3-4-2/h1-16H;3-5H,1H2,2H3;3-4H,1-2H2/b;5-4-;. The summed E-state index contributed by atoms with van der Waals surface area (Å²) < 4.78 is 4.80. The SMILES string of the molecule is C=C/C=C\C.C=CC=C.c1cc(-c2ccncc2)nc(-n2c3cc4sc5ccccc5c4cc3c3ncccc32)c1. The Balaban J connectivity index is 0.000000331. The lowest BCUT2D eigenvalue weighted by Crippen LogP contribution is -1.98. The molecule has 0 amide bonds. The van der Waals surface area contributed by atoms with Gasteiger partial charge in [0, 0.05) is 49.7 Å². The molecule has 7 aromatic rings. The first-order chi connectivity index (χ1) is 20.2. The third-order valence-corrected chi connectivity index (χ3v) is 7.59. The zero-order valence-electron chi connectivity index (χ0n) is 22.9. The highest BCUT2D eigenvalue weighted by Crippen LogP contribution is 2.39. The van der Waals surface area contributed by atoms with E-state index >= 15 is 0 Å². The van der Waals surface area contributed by atoms with Crippen LogP contribution in [0.3, 0.4) is 0 Å². The molecule has 0 unspecified atom stereocenters. The maximum atomic E-state index is 5.02. The summed E-state index contributed by atoms with van der Waals surface area (Å²) in [6.45, 7) is 12.1. The smallest absolute Gasteiger partial charge is 0.138 e. The van der Waals surface area contributed by atoms with Crippen molar-refractivity contribution in [2.24, 2.45) is 0 Å². The van der Waals surface area contributed by atoms with Gasteiger partial charge in [0.05, 0.1) is 22.2 Å². The number of benzene rings is 2. The number of aromatic nitrogens is 4. The summed E-state index contributed by atoms with van der Waals surface area (Å²) in [7, 11) is 0. The molecule has 0 spiro atoms. The van der Waals surface area contributed by atoms with Crippen LogP contribution in [0.1, 0.15) is 6.92 Å². The molecule has 4 nitrogen and oxygen atoms in total. The Bertz CT molecular complexity index is 2010. The van der Waals surface area contributed by atoms with Gasteiger partial charge >= 0.3 is 0 Å². The molecule has 5 aromatic heterocycles. The van der Waals surface area contributed by atoms with Crippen molar-refractivity contribution in [2.75, 3.05) is 0 Å². The summed E-state index contributed by atoms with van der Waals surface area (Å²) in [5.74, 6) is 0.882. The first-order valence-electron chi connectivity index (χ1n) is 13.3. The van der Waals surface area contributed by atoms with E-state index in [2.05, 4.69) is 83.9 Å². The fourth-order valence-electron chi connectivity index (χ4n) is 4.66. The molecule has 5 heteroatoms. The third-order valence-electron chi connectivity index (χ3n) is 6.45. The van der Waals surface area contributed by atoms with Crippen molar-refractivity contribution in [1.82, 2.24) is 19.5 Å². The van der Waals surface area contributed by atoms with Gasteiger partial charge < -0.3 is 0 Å². The molecule has 0 saturated heterocycles. The van der Waals surface area contributed by atoms with Gasteiger partial charge in [-0.1, -0.05) is 74.4 Å². The van der Waals surface area contributed by atoms with Gasteiger partial charge in [-0.25, -0.2) is 4.98 Å². The number of rotatable bonds is 4. The highest BCUT2D eigenvalue weighted by molar-refractivity contribution is 7.25. The molecule has 41 heavy (non-hydrogen) atoms. The quantitative estimate of drug-likeness (QED) is 0.205. The van der Waals surface area contributed by atoms with E-state index in [1.807, 2.05) is 60.9 Å². The average molecular weight is 551 g/mol. The maximum Gasteiger partial charge on any atom is 0.138 e. The van der Waals surface area contributed by atoms with Crippen LogP contribution in [0.4, 0.5) is 0 Å². The van der Waals surface area contributed by atoms with E-state index in [1.165, 1.54) is 20.2 Å². The minimum Gasteiger partial charge on any atom is -0.292 e. The van der Waals surface area contributed by atoms with Gasteiger partial charge in [-0.3, -0.25) is 14.5 Å². The number of hydrogen-bond donors (Lipinski definition) is 0. The van der Waals surface area contributed by atoms with Gasteiger partial charge in [0.25, 0.3) is 0 Å². The predicted octanol–water partition coefficient (Wildman–Crippen LogP) is 10.1. The summed E-state index contributed by atoms with van der Waals surface area (Å²) in [4.78, 5) is 13.9. The third kappa shape index (κ3) is 5.62. The number of fused-ring (bicyclic) bond motifs is 6. The first kappa shape index (κ1) is 27.4. The van der Waals surface area contributed by atoms with Crippen LogP contribution < -0.4 is 0 Å². The van der Waals surface area contributed by atoms with E-state index < -0.39 is 0 Å². The molecule has 0 aliphatic heterocycles. The fourth-order valence-corrected chi connectivity index (χ4v) is 5.78. The molecule has 5 heterocycles. The van der Waals surface area contributed by atoms with Crippen LogP contribution in [0.2, 0.25) is 0 Å². The van der Waals surface area contributed by atoms with Crippen molar-refractivity contribution in [3.8, 4) is 17.1 Å². The lowest BCUT2D eigenvalue weighted by atomic mass is 10.1. The first-order valence-corrected chi connectivity index (χ1v) is 14.1. The molecular weight excluding hydrogens is 520 g/mol. The molecule has 0 aliphatic rings. The van der Waals surface area contributed by atoms with E-state index in [1.54, 1.807) is 30.6 Å². The fraction of sp³-hybridized carbons (Fsp3) is 0.0278. The van der Waals surface area contributed by atoms with Gasteiger partial charge in [0.15, 0.2) is 0 Å². The highest BCUT2D eigenvalue weighted by Gasteiger charge is 2.17. The lowest BCUT2D eigenvalue weighted by Gasteiger charge is -2.09. The highest BCUT2D eigenvalue weighted by atomic mass is 32.1. The van der Waals surface area contributed by atoms with Gasteiger partial charge in [-0.2, -0.15) is 0 Å². The van der Waals surface area contributed by atoms with Crippen LogP contribution in [-0.2, 0) is 0 Å². The number of thiophene rings is 1. The normalized spacial score (nSPS) is 10.8. The topological polar surface area (TPSA) is 43.6 Å². The maximum absolute atomic E-state index is 5.02. The van der Waals surface area contributed by atoms with Crippen LogP contribution >= 0.6 is 11.3 Å². The average Bonchev–Trinajstić information content (AvgIpc) is 3.56. The van der Waals surface area contributed by atoms with Crippen molar-refractivity contribution >= 4 is 53.4 Å². The van der Waals surface area contributed by atoms with Crippen LogP contribution in [0, 0.1) is 0 Å². The largest absolute Gasteiger partial charge is 0.292 e. The van der Waals surface area contributed by atoms with Crippen LogP contribution in [0.25, 0.3) is 59.2 Å². The molecule has 0 aliphatic carbocycles. The summed E-state index contributed by atoms with van der Waals surface area (Å²) >= 11 is 1.83. The van der Waals surface area contributed by atoms with Gasteiger partial charge in [-0.05, 0) is 61.5 Å². The van der Waals surface area contributed by atoms with E-state index in [0.29, 0.717) is 0 Å². The number of hydrogen-bond acceptors (Lipinski definition) is 4. The molecule has 0 radical (unpaired) electrons. The Kier molecular flexibility index (Phi) is 8.58. The predicted molar refractivity (Wildman–Crippen MR) is 178 cm³/mol. The van der Waals surface area contributed by atoms with Crippen molar-refractivity contribution < 1.29 is 0 Å². The molecule has 0 saturated carbocycles. The molecular formula is C36H30N4S. The Labute approximate surface area is 244 Å². The Morgan fingerprint density at radius 3 is 2.24 bits per heavy atom. The molecule has 200 valence electrons. The Morgan fingerprint density at radius 1 is 0.707 bits per heavy atom. The second-order valence-electron chi connectivity index (χ2n) is 9.02. The molecule has 0 N–H and O–H groups in total. The van der Waals surface area contributed by atoms with Crippen molar-refractivity contribution in [3.05, 3.63) is 148 Å². The van der Waals surface area contributed by atoms with Crippen LogP contribution in [-0.4, -0.2) is 19.5 Å². The van der Waals surface area contributed by atoms with Gasteiger partial charge in [0.1, 0.15) is 5.82 Å². The van der Waals surface area contributed by atoms with E-state index in [-0.39, 0.29) is 0 Å². The zero-order chi connectivity index (χ0) is 28.6. The van der Waals surface area contributed by atoms with Gasteiger partial charge in [-0.15, -0.1) is 11.3 Å². The molecule has 0 bridgehead atoms. The van der Waals surface area contributed by atoms with Crippen molar-refractivity contribution in [1.29, 1.82) is 0 Å². The monoisotopic (exact) mass is 550 g/mol. The lowest BCUT2D eigenvalue weighted by molar-refractivity contribution is 1.08. The summed E-state index contributed by atoms with van der Waals surface area (Å²) in [5, 5.41) is 3.72. The molecule has 0 atom stereocenters. The van der Waals surface area contributed by atoms with Crippen LogP contribution in [0.5, 0.6) is 0 Å². The molecule has 0 fully saturated rings. The minimum absolute atomic E-state index is 0.882. The second-order valence-corrected chi connectivity index (χ2v) is 10.1. The van der Waals surface area contributed by atoms with Gasteiger partial charge in [0.2, 0.25) is 0 Å². The number of allylic oxidation sites excluding steroid dienone is 5. The second kappa shape index (κ2) is 12.8. The van der Waals surface area contributed by atoms with Crippen molar-refractivity contribution in [2.45, 2.75) is 6.92 Å². The van der Waals surface area contributed by atoms with E-state index in [9.17, 15) is 0 Å². The van der Waals surface area contributed by atoms with Crippen LogP contribution in [0.15, 0.2) is 148 Å². The summed E-state index contributed by atoms with van der Waals surface area (Å²) in [5.41, 5.74) is 5.15. The summed E-state index contributed by atoms with van der Waals surface area (Å²) in [6.07, 6.45) is 14.3. The van der Waals surface area contributed by atoms with E-state index in [4.69, 9.17) is 9.97 Å². The Hall–Kier alpha value is -5.13. The molecule has 7 rings (SSSR count). The molecule has 2 aromatic carbocycles. The van der Waals surface area contributed by atoms with Crippen molar-refractivity contribution in [3.63, 3.8) is 0 Å². The minimum atomic E-state index is 0.882. The van der Waals surface area contributed by atoms with E-state index in [0.717, 1.165) is 39.0 Å². The Morgan fingerprint density at radius 2 is 1.51 bits per heavy atom. The summed E-state index contributed by atoms with van der Waals surface area (Å²) in [6, 6.07) is 27.4.